The van der Waals surface area contributed by atoms with Crippen molar-refractivity contribution in [1.82, 2.24) is 0 Å². The third kappa shape index (κ3) is 3.46. The van der Waals surface area contributed by atoms with Crippen molar-refractivity contribution < 1.29 is 9.90 Å². The van der Waals surface area contributed by atoms with E-state index in [0.29, 0.717) is 5.75 Å². The molecule has 31 heavy (non-hydrogen) atoms. The molecule has 0 fully saturated rings. The Balaban J connectivity index is 2.27. The van der Waals surface area contributed by atoms with E-state index in [4.69, 9.17) is 4.99 Å². The first-order chi connectivity index (χ1) is 14.3. The summed E-state index contributed by atoms with van der Waals surface area (Å²) in [5.41, 5.74) is 2.76. The van der Waals surface area contributed by atoms with E-state index in [1.165, 1.54) is 7.63 Å². The Morgan fingerprint density at radius 2 is 1.74 bits per heavy atom. The van der Waals surface area contributed by atoms with Crippen LogP contribution in [0, 0.1) is 2.44 Å². The predicted octanol–water partition coefficient (Wildman–Crippen LogP) is 6.43. The topological polar surface area (TPSA) is 49.7 Å². The van der Waals surface area contributed by atoms with Crippen LogP contribution < -0.4 is 5.19 Å². The number of allylic oxidation sites excluding steroid dienone is 4. The number of hydrogen-bond acceptors (Lipinski definition) is 3. The fraction of sp³-hybridized carbons (Fsp3) is 0.333. The zero-order valence-corrected chi connectivity index (χ0v) is 24.9. The van der Waals surface area contributed by atoms with Gasteiger partial charge >= 0.3 is 214 Å². The number of phenolic OH excluding ortho intramolecular Hbond substituents is 1. The summed E-state index contributed by atoms with van der Waals surface area (Å²) in [6.45, 7) is 13.7. The molecule has 0 unspecified atom stereocenters. The first kappa shape index (κ1) is 23.4. The number of halogens is 2. The average Bonchev–Trinajstić information content (AvgIpc) is 2.95. The van der Waals surface area contributed by atoms with Crippen LogP contribution in [-0.4, -0.2) is 39.2 Å². The van der Waals surface area contributed by atoms with Gasteiger partial charge in [0, 0.05) is 0 Å². The summed E-state index contributed by atoms with van der Waals surface area (Å²) in [7, 11) is -2.68. The van der Waals surface area contributed by atoms with Gasteiger partial charge in [-0.15, -0.1) is 0 Å². The molecule has 0 saturated carbocycles. The Labute approximate surface area is 212 Å². The number of carbonyl (C=O) groups is 1. The third-order valence-electron chi connectivity index (χ3n) is 6.28. The number of phenols is 1. The van der Waals surface area contributed by atoms with E-state index in [-0.39, 0.29) is 30.4 Å². The van der Waals surface area contributed by atoms with Gasteiger partial charge in [0.05, 0.1) is 0 Å². The quantitative estimate of drug-likeness (QED) is 0.216. The summed E-state index contributed by atoms with van der Waals surface area (Å²) >= 11 is 6.26. The first-order valence-corrected chi connectivity index (χ1v) is 15.7. The van der Waals surface area contributed by atoms with Gasteiger partial charge in [0.15, 0.2) is 0 Å². The van der Waals surface area contributed by atoms with Gasteiger partial charge in [0.25, 0.3) is 0 Å². The molecule has 0 bridgehead atoms. The van der Waals surface area contributed by atoms with Gasteiger partial charge in [-0.2, -0.15) is 0 Å². The molecule has 2 aromatic rings. The van der Waals surface area contributed by atoms with Crippen molar-refractivity contribution >= 4 is 83.5 Å². The molecule has 0 spiro atoms. The molecule has 1 aliphatic carbocycles. The number of hydrogen-bond donors (Lipinski definition) is 1. The summed E-state index contributed by atoms with van der Waals surface area (Å²) < 4.78 is 3.49. The molecule has 2 heterocycles. The minimum absolute atomic E-state index is 0.0196. The van der Waals surface area contributed by atoms with E-state index < -0.39 is 8.07 Å². The predicted molar refractivity (Wildman–Crippen MR) is 145 cm³/mol. The second-order valence-electron chi connectivity index (χ2n) is 10.1. The van der Waals surface area contributed by atoms with E-state index in [9.17, 15) is 9.90 Å². The molecular formula is C24H25BrINO2SeSi. The van der Waals surface area contributed by atoms with Crippen molar-refractivity contribution in [1.29, 1.82) is 0 Å². The molecule has 0 amide bonds. The second-order valence-corrected chi connectivity index (χ2v) is 21.5. The van der Waals surface area contributed by atoms with Gasteiger partial charge in [0.1, 0.15) is 0 Å². The van der Waals surface area contributed by atoms with Crippen LogP contribution in [0.3, 0.4) is 0 Å². The van der Waals surface area contributed by atoms with Crippen molar-refractivity contribution in [2.24, 2.45) is 4.99 Å². The maximum absolute atomic E-state index is 12.6. The SMILES string of the molecule is CC(C)(C)[Si]1(C(C)(C)C)C2=CC(=O)C=CC2=Nc2ccc(O)c(-c3[se]c(I)cc3Br)c21. The maximum atomic E-state index is 12.6. The summed E-state index contributed by atoms with van der Waals surface area (Å²) in [4.78, 5) is 17.6. The Hall–Kier alpha value is -0.734. The van der Waals surface area contributed by atoms with E-state index in [1.807, 2.05) is 18.2 Å². The molecular weight excluding hydrogens is 648 g/mol. The normalized spacial score (nSPS) is 17.7. The van der Waals surface area contributed by atoms with E-state index >= 15 is 0 Å². The third-order valence-corrected chi connectivity index (χ3v) is 17.9. The van der Waals surface area contributed by atoms with Crippen LogP contribution in [0.2, 0.25) is 10.1 Å². The summed E-state index contributed by atoms with van der Waals surface area (Å²) in [5, 5.41) is 13.2. The molecule has 0 atom stereocenters. The van der Waals surface area contributed by atoms with E-state index in [1.54, 1.807) is 12.1 Å². The number of aromatic hydroxyl groups is 1. The van der Waals surface area contributed by atoms with Crippen LogP contribution in [0.25, 0.3) is 10.0 Å². The fourth-order valence-corrected chi connectivity index (χ4v) is 18.4. The molecule has 0 radical (unpaired) electrons. The number of fused-ring (bicyclic) bond motifs is 2. The van der Waals surface area contributed by atoms with E-state index in [0.717, 1.165) is 31.1 Å². The summed E-state index contributed by atoms with van der Waals surface area (Å²) in [6, 6.07) is 5.88. The Kier molecular flexibility index (Phi) is 5.79. The average molecular weight is 673 g/mol. The molecule has 1 aromatic carbocycles. The number of carbonyl (C=O) groups excluding carboxylic acids is 1. The van der Waals surface area contributed by atoms with Crippen molar-refractivity contribution in [3.63, 3.8) is 0 Å². The number of nitrogens with zero attached hydrogens (tertiary/aromatic N) is 1. The molecule has 1 N–H and O–H groups in total. The standard InChI is InChI=1S/C24H25BrINO2SeSi/c1-23(2,3)31(24(4,5)6)18-11-13(28)7-8-15(18)27-16-9-10-17(29)20(22(16)31)21-14(25)12-19(26)30-21/h7-12,29H,1-6H3. The van der Waals surface area contributed by atoms with Gasteiger partial charge in [-0.3, -0.25) is 0 Å². The molecule has 7 heteroatoms. The van der Waals surface area contributed by atoms with Crippen LogP contribution in [-0.2, 0) is 4.79 Å². The number of benzene rings is 1. The second kappa shape index (κ2) is 7.66. The van der Waals surface area contributed by atoms with Crippen molar-refractivity contribution in [2.75, 3.05) is 0 Å². The van der Waals surface area contributed by atoms with Crippen LogP contribution in [0.15, 0.2) is 51.1 Å². The van der Waals surface area contributed by atoms with Crippen LogP contribution in [0.1, 0.15) is 41.5 Å². The zero-order valence-electron chi connectivity index (χ0n) is 18.4. The fourth-order valence-electron chi connectivity index (χ4n) is 5.66. The number of aliphatic imine (C=N–C) groups is 1. The van der Waals surface area contributed by atoms with E-state index in [2.05, 4.69) is 86.1 Å². The molecule has 1 aliphatic heterocycles. The van der Waals surface area contributed by atoms with Crippen molar-refractivity contribution in [3.05, 3.63) is 48.5 Å². The van der Waals surface area contributed by atoms with Gasteiger partial charge < -0.3 is 0 Å². The molecule has 1 aromatic heterocycles. The summed E-state index contributed by atoms with van der Waals surface area (Å²) in [6.07, 6.45) is 5.32. The molecule has 162 valence electrons. The van der Waals surface area contributed by atoms with Gasteiger partial charge in [0.2, 0.25) is 0 Å². The first-order valence-electron chi connectivity index (χ1n) is 10.1. The number of rotatable bonds is 1. The molecule has 2 aliphatic rings. The van der Waals surface area contributed by atoms with Crippen LogP contribution >= 0.6 is 38.5 Å². The molecule has 0 saturated heterocycles. The summed E-state index contributed by atoms with van der Waals surface area (Å²) in [5.74, 6) is 0.320. The molecule has 4 rings (SSSR count). The van der Waals surface area contributed by atoms with Gasteiger partial charge in [-0.25, -0.2) is 0 Å². The van der Waals surface area contributed by atoms with Gasteiger partial charge in [-0.05, 0) is 0 Å². The van der Waals surface area contributed by atoms with Crippen molar-refractivity contribution in [3.8, 4) is 15.8 Å². The molecule has 3 nitrogen and oxygen atoms in total. The minimum atomic E-state index is -2.68. The number of ketones is 1. The zero-order chi connectivity index (χ0) is 22.9. The van der Waals surface area contributed by atoms with Crippen molar-refractivity contribution in [2.45, 2.75) is 51.6 Å². The Morgan fingerprint density at radius 1 is 1.10 bits per heavy atom. The monoisotopic (exact) mass is 673 g/mol. The van der Waals surface area contributed by atoms with Crippen LogP contribution in [0.5, 0.6) is 5.75 Å². The van der Waals surface area contributed by atoms with Gasteiger partial charge in [-0.1, -0.05) is 0 Å². The Bertz CT molecular complexity index is 1200. The van der Waals surface area contributed by atoms with Crippen LogP contribution in [0.4, 0.5) is 5.69 Å². The Morgan fingerprint density at radius 3 is 2.29 bits per heavy atom.